The van der Waals surface area contributed by atoms with Crippen molar-refractivity contribution < 1.29 is 33.8 Å². The van der Waals surface area contributed by atoms with Crippen LogP contribution in [0, 0.1) is 0 Å². The molecule has 1 aromatic heterocycles. The van der Waals surface area contributed by atoms with Crippen LogP contribution in [0.4, 0.5) is 5.69 Å². The van der Waals surface area contributed by atoms with Crippen LogP contribution in [0.1, 0.15) is 27.6 Å². The summed E-state index contributed by atoms with van der Waals surface area (Å²) in [4.78, 5) is 68.5. The van der Waals surface area contributed by atoms with Gasteiger partial charge in [-0.25, -0.2) is 4.79 Å². The van der Waals surface area contributed by atoms with Gasteiger partial charge in [0.25, 0.3) is 23.5 Å². The Morgan fingerprint density at radius 1 is 1.00 bits per heavy atom. The van der Waals surface area contributed by atoms with Crippen molar-refractivity contribution in [1.82, 2.24) is 14.8 Å². The molecule has 0 aliphatic carbocycles. The lowest BCUT2D eigenvalue weighted by molar-refractivity contribution is -0.138. The number of amides is 3. The SMILES string of the molecule is CC1CN(C(=O)c2ccccc2)CCN1C(=O)C(=O)c1c[nH]c2c(NC(=O)C3OC3C(=O)O)cccc12. The number of aromatic nitrogens is 1. The number of H-pyrrole nitrogens is 1. The number of nitrogens with zero attached hydrogens (tertiary/aromatic N) is 2. The number of para-hydroxylation sites is 1. The van der Waals surface area contributed by atoms with Gasteiger partial charge in [0.2, 0.25) is 0 Å². The molecular weight excluding hydrogens is 480 g/mol. The number of anilines is 1. The highest BCUT2D eigenvalue weighted by Crippen LogP contribution is 2.29. The highest BCUT2D eigenvalue weighted by Gasteiger charge is 2.50. The third kappa shape index (κ3) is 4.56. The molecule has 3 atom stereocenters. The quantitative estimate of drug-likeness (QED) is 0.261. The minimum absolute atomic E-state index is 0.122. The third-order valence-corrected chi connectivity index (χ3v) is 6.60. The predicted molar refractivity (Wildman–Crippen MR) is 131 cm³/mol. The molecule has 2 aromatic carbocycles. The number of piperazine rings is 1. The fourth-order valence-corrected chi connectivity index (χ4v) is 4.60. The van der Waals surface area contributed by atoms with Crippen LogP contribution in [0.25, 0.3) is 10.9 Å². The number of carbonyl (C=O) groups excluding carboxylic acids is 4. The molecule has 2 aliphatic heterocycles. The van der Waals surface area contributed by atoms with Crippen molar-refractivity contribution in [3.8, 4) is 0 Å². The summed E-state index contributed by atoms with van der Waals surface area (Å²) in [6, 6.07) is 13.4. The number of rotatable bonds is 6. The van der Waals surface area contributed by atoms with Crippen molar-refractivity contribution in [2.75, 3.05) is 25.0 Å². The molecule has 11 heteroatoms. The molecule has 3 aromatic rings. The number of carboxylic acid groups (broad SMARTS) is 1. The van der Waals surface area contributed by atoms with Gasteiger partial charge in [-0.2, -0.15) is 0 Å². The van der Waals surface area contributed by atoms with E-state index in [9.17, 15) is 24.0 Å². The highest BCUT2D eigenvalue weighted by molar-refractivity contribution is 6.45. The summed E-state index contributed by atoms with van der Waals surface area (Å²) in [7, 11) is 0. The number of carbonyl (C=O) groups is 5. The highest BCUT2D eigenvalue weighted by atomic mass is 16.6. The molecule has 3 amide bonds. The molecule has 5 rings (SSSR count). The molecule has 0 radical (unpaired) electrons. The van der Waals surface area contributed by atoms with E-state index in [-0.39, 0.29) is 24.1 Å². The average molecular weight is 504 g/mol. The topological polar surface area (TPSA) is 152 Å². The zero-order valence-corrected chi connectivity index (χ0v) is 19.8. The Morgan fingerprint density at radius 3 is 2.43 bits per heavy atom. The number of fused-ring (bicyclic) bond motifs is 1. The van der Waals surface area contributed by atoms with Gasteiger partial charge in [-0.05, 0) is 25.1 Å². The number of benzene rings is 2. The van der Waals surface area contributed by atoms with Crippen molar-refractivity contribution in [3.63, 3.8) is 0 Å². The fraction of sp³-hybridized carbons (Fsp3) is 0.269. The molecule has 3 unspecified atom stereocenters. The number of Topliss-reactive ketones (excluding diaryl/α,β-unsaturated/α-hetero) is 1. The van der Waals surface area contributed by atoms with E-state index < -0.39 is 35.8 Å². The molecule has 37 heavy (non-hydrogen) atoms. The minimum atomic E-state index is -1.22. The maximum atomic E-state index is 13.2. The van der Waals surface area contributed by atoms with Crippen LogP contribution < -0.4 is 5.32 Å². The van der Waals surface area contributed by atoms with E-state index in [2.05, 4.69) is 10.3 Å². The Bertz CT molecular complexity index is 1420. The summed E-state index contributed by atoms with van der Waals surface area (Å²) in [6.07, 6.45) is -0.851. The lowest BCUT2D eigenvalue weighted by atomic mass is 10.1. The molecule has 2 fully saturated rings. The Kier molecular flexibility index (Phi) is 6.22. The number of nitrogens with one attached hydrogen (secondary N) is 2. The van der Waals surface area contributed by atoms with E-state index >= 15 is 0 Å². The maximum absolute atomic E-state index is 13.2. The molecule has 11 nitrogen and oxygen atoms in total. The molecule has 3 N–H and O–H groups in total. The molecule has 0 bridgehead atoms. The van der Waals surface area contributed by atoms with Crippen molar-refractivity contribution >= 4 is 46.1 Å². The van der Waals surface area contributed by atoms with E-state index in [1.165, 1.54) is 11.1 Å². The zero-order valence-electron chi connectivity index (χ0n) is 19.8. The van der Waals surface area contributed by atoms with Gasteiger partial charge in [0.1, 0.15) is 0 Å². The van der Waals surface area contributed by atoms with Crippen molar-refractivity contribution in [1.29, 1.82) is 0 Å². The second kappa shape index (κ2) is 9.51. The normalized spacial score (nSPS) is 20.9. The summed E-state index contributed by atoms with van der Waals surface area (Å²) < 4.78 is 4.87. The Labute approximate surface area is 211 Å². The Hall–Kier alpha value is -4.51. The smallest absolute Gasteiger partial charge is 0.336 e. The van der Waals surface area contributed by atoms with Gasteiger partial charge in [0, 0.05) is 42.8 Å². The van der Waals surface area contributed by atoms with Gasteiger partial charge in [-0.3, -0.25) is 19.2 Å². The van der Waals surface area contributed by atoms with E-state index in [4.69, 9.17) is 9.84 Å². The van der Waals surface area contributed by atoms with Crippen LogP contribution in [-0.4, -0.2) is 87.2 Å². The van der Waals surface area contributed by atoms with Gasteiger partial charge in [0.15, 0.2) is 12.2 Å². The van der Waals surface area contributed by atoms with Crippen LogP contribution in [-0.2, 0) is 19.1 Å². The first kappa shape index (κ1) is 24.2. The zero-order chi connectivity index (χ0) is 26.3. The lowest BCUT2D eigenvalue weighted by Gasteiger charge is -2.39. The molecule has 0 spiro atoms. The Morgan fingerprint density at radius 2 is 1.76 bits per heavy atom. The lowest BCUT2D eigenvalue weighted by Crippen LogP contribution is -2.56. The van der Waals surface area contributed by atoms with Crippen molar-refractivity contribution in [2.45, 2.75) is 25.2 Å². The van der Waals surface area contributed by atoms with Crippen LogP contribution in [0.3, 0.4) is 0 Å². The summed E-state index contributed by atoms with van der Waals surface area (Å²) in [5, 5.41) is 12.0. The first-order chi connectivity index (χ1) is 17.8. The first-order valence-corrected chi connectivity index (χ1v) is 11.7. The van der Waals surface area contributed by atoms with Gasteiger partial charge < -0.3 is 29.9 Å². The Balaban J connectivity index is 1.28. The number of ether oxygens (including phenoxy) is 1. The number of aliphatic carboxylic acids is 1. The van der Waals surface area contributed by atoms with Gasteiger partial charge in [-0.15, -0.1) is 0 Å². The van der Waals surface area contributed by atoms with Gasteiger partial charge in [-0.1, -0.05) is 30.3 Å². The molecule has 2 aliphatic rings. The molecular formula is C26H24N4O7. The number of carboxylic acids is 1. The fourth-order valence-electron chi connectivity index (χ4n) is 4.60. The number of hydrogen-bond acceptors (Lipinski definition) is 6. The largest absolute Gasteiger partial charge is 0.479 e. The second-order valence-electron chi connectivity index (χ2n) is 9.03. The molecule has 190 valence electrons. The predicted octanol–water partition coefficient (Wildman–Crippen LogP) is 1.51. The number of aromatic amines is 1. The van der Waals surface area contributed by atoms with E-state index in [1.807, 2.05) is 6.07 Å². The number of ketones is 1. The van der Waals surface area contributed by atoms with Crippen LogP contribution in [0.2, 0.25) is 0 Å². The third-order valence-electron chi connectivity index (χ3n) is 6.60. The summed E-state index contributed by atoms with van der Waals surface area (Å²) >= 11 is 0. The minimum Gasteiger partial charge on any atom is -0.479 e. The van der Waals surface area contributed by atoms with Gasteiger partial charge in [0.05, 0.1) is 16.8 Å². The average Bonchev–Trinajstić information content (AvgIpc) is 3.60. The summed E-state index contributed by atoms with van der Waals surface area (Å²) in [6.45, 7) is 2.63. The summed E-state index contributed by atoms with van der Waals surface area (Å²) in [5.41, 5.74) is 1.47. The summed E-state index contributed by atoms with van der Waals surface area (Å²) in [5.74, 6) is -3.34. The van der Waals surface area contributed by atoms with Crippen molar-refractivity contribution in [3.05, 3.63) is 65.9 Å². The number of epoxide rings is 1. The molecule has 2 saturated heterocycles. The van der Waals surface area contributed by atoms with E-state index in [1.54, 1.807) is 54.3 Å². The number of hydrogen-bond donors (Lipinski definition) is 3. The van der Waals surface area contributed by atoms with Crippen LogP contribution >= 0.6 is 0 Å². The standard InChI is InChI=1S/C26H24N4O7/c1-14-13-29(24(33)15-6-3-2-4-7-15)10-11-30(14)25(34)20(31)17-12-27-19-16(17)8-5-9-18(19)28-23(32)21-22(37-21)26(35)36/h2-9,12,14,21-22,27H,10-11,13H2,1H3,(H,28,32)(H,35,36). The second-order valence-corrected chi connectivity index (χ2v) is 9.03. The van der Waals surface area contributed by atoms with Crippen molar-refractivity contribution in [2.24, 2.45) is 0 Å². The van der Waals surface area contributed by atoms with Crippen LogP contribution in [0.15, 0.2) is 54.7 Å². The molecule has 3 heterocycles. The first-order valence-electron chi connectivity index (χ1n) is 11.7. The van der Waals surface area contributed by atoms with Crippen LogP contribution in [0.5, 0.6) is 0 Å². The maximum Gasteiger partial charge on any atom is 0.336 e. The monoisotopic (exact) mass is 504 g/mol. The molecule has 0 saturated carbocycles. The van der Waals surface area contributed by atoms with E-state index in [0.29, 0.717) is 35.2 Å². The van der Waals surface area contributed by atoms with Gasteiger partial charge >= 0.3 is 5.97 Å². The van der Waals surface area contributed by atoms with E-state index in [0.717, 1.165) is 0 Å².